The number of anilines is 2. The molecule has 0 aromatic carbocycles. The lowest BCUT2D eigenvalue weighted by molar-refractivity contribution is 0.0958. The van der Waals surface area contributed by atoms with Crippen molar-refractivity contribution in [1.82, 2.24) is 10.3 Å². The molecule has 0 spiro atoms. The van der Waals surface area contributed by atoms with Crippen LogP contribution in [0.25, 0.3) is 0 Å². The highest BCUT2D eigenvalue weighted by molar-refractivity contribution is 7.84. The molecule has 1 aromatic rings. The van der Waals surface area contributed by atoms with Gasteiger partial charge in [0.1, 0.15) is 10.7 Å². The summed E-state index contributed by atoms with van der Waals surface area (Å²) in [5.41, 5.74) is 5.75. The summed E-state index contributed by atoms with van der Waals surface area (Å²) >= 11 is 1.28. The van der Waals surface area contributed by atoms with Crippen LogP contribution >= 0.6 is 11.3 Å². The molecule has 1 unspecified atom stereocenters. The molecule has 6 nitrogen and oxygen atoms in total. The first-order chi connectivity index (χ1) is 8.95. The van der Waals surface area contributed by atoms with Gasteiger partial charge in [-0.05, 0) is 13.3 Å². The molecule has 1 amide bonds. The number of thiazole rings is 1. The Morgan fingerprint density at radius 3 is 2.84 bits per heavy atom. The van der Waals surface area contributed by atoms with Gasteiger partial charge in [-0.15, -0.1) is 0 Å². The summed E-state index contributed by atoms with van der Waals surface area (Å²) in [6.07, 6.45) is 2.34. The zero-order valence-electron chi connectivity index (χ0n) is 11.4. The third kappa shape index (κ3) is 4.79. The molecule has 0 saturated carbocycles. The molecule has 19 heavy (non-hydrogen) atoms. The molecule has 0 aliphatic carbocycles. The van der Waals surface area contributed by atoms with E-state index in [0.717, 1.165) is 11.7 Å². The maximum Gasteiger partial charge on any atom is 0.265 e. The fourth-order valence-corrected chi connectivity index (χ4v) is 2.82. The summed E-state index contributed by atoms with van der Waals surface area (Å²) < 4.78 is 10.9. The molecule has 0 aliphatic rings. The van der Waals surface area contributed by atoms with Crippen LogP contribution in [0.15, 0.2) is 0 Å². The van der Waals surface area contributed by atoms with Crippen LogP contribution in [-0.4, -0.2) is 47.2 Å². The number of rotatable bonds is 7. The van der Waals surface area contributed by atoms with Crippen LogP contribution in [0.2, 0.25) is 0 Å². The molecule has 108 valence electrons. The third-order valence-electron chi connectivity index (χ3n) is 2.54. The van der Waals surface area contributed by atoms with Crippen molar-refractivity contribution in [3.63, 3.8) is 0 Å². The van der Waals surface area contributed by atoms with Gasteiger partial charge in [-0.3, -0.25) is 9.00 Å². The topological polar surface area (TPSA) is 88.3 Å². The van der Waals surface area contributed by atoms with Crippen molar-refractivity contribution in [2.24, 2.45) is 0 Å². The fourth-order valence-electron chi connectivity index (χ4n) is 1.34. The molecule has 0 saturated heterocycles. The standard InChI is InChI=1S/C11H20N4O2S2/c1-4-15(2)11-14-9(12)8(18-11)10(16)13-6-5-7-19(3)17/h4-7,12H2,1-3H3,(H,13,16). The maximum absolute atomic E-state index is 11.9. The minimum atomic E-state index is -0.825. The SMILES string of the molecule is CCN(C)c1nc(N)c(C(=O)NCCCS(C)=O)s1. The smallest absolute Gasteiger partial charge is 0.265 e. The van der Waals surface area contributed by atoms with Crippen molar-refractivity contribution in [2.75, 3.05) is 42.8 Å². The van der Waals surface area contributed by atoms with Crippen LogP contribution in [0.4, 0.5) is 10.9 Å². The van der Waals surface area contributed by atoms with Crippen molar-refractivity contribution in [3.8, 4) is 0 Å². The van der Waals surface area contributed by atoms with Crippen molar-refractivity contribution in [2.45, 2.75) is 13.3 Å². The maximum atomic E-state index is 11.9. The van der Waals surface area contributed by atoms with Crippen LogP contribution in [0.3, 0.4) is 0 Å². The van der Waals surface area contributed by atoms with Gasteiger partial charge in [0.2, 0.25) is 0 Å². The van der Waals surface area contributed by atoms with Crippen molar-refractivity contribution < 1.29 is 9.00 Å². The van der Waals surface area contributed by atoms with E-state index in [0.29, 0.717) is 23.6 Å². The molecule has 1 heterocycles. The molecule has 1 rings (SSSR count). The number of nitrogens with two attached hydrogens (primary N) is 1. The van der Waals surface area contributed by atoms with Crippen LogP contribution in [0.1, 0.15) is 23.0 Å². The van der Waals surface area contributed by atoms with E-state index in [4.69, 9.17) is 5.73 Å². The lowest BCUT2D eigenvalue weighted by Crippen LogP contribution is -2.25. The van der Waals surface area contributed by atoms with Gasteiger partial charge in [0.25, 0.3) is 5.91 Å². The van der Waals surface area contributed by atoms with Gasteiger partial charge >= 0.3 is 0 Å². The van der Waals surface area contributed by atoms with E-state index < -0.39 is 10.8 Å². The summed E-state index contributed by atoms with van der Waals surface area (Å²) in [5.74, 6) is 0.631. The van der Waals surface area contributed by atoms with Gasteiger partial charge in [0.05, 0.1) is 0 Å². The lowest BCUT2D eigenvalue weighted by atomic mass is 10.4. The van der Waals surface area contributed by atoms with Crippen molar-refractivity contribution in [1.29, 1.82) is 0 Å². The molecule has 0 bridgehead atoms. The summed E-state index contributed by atoms with van der Waals surface area (Å²) in [4.78, 5) is 18.5. The van der Waals surface area contributed by atoms with Crippen molar-refractivity contribution in [3.05, 3.63) is 4.88 Å². The van der Waals surface area contributed by atoms with E-state index >= 15 is 0 Å². The van der Waals surface area contributed by atoms with Gasteiger partial charge in [-0.2, -0.15) is 0 Å². The Morgan fingerprint density at radius 1 is 1.58 bits per heavy atom. The predicted molar refractivity (Wildman–Crippen MR) is 81.4 cm³/mol. The highest BCUT2D eigenvalue weighted by atomic mass is 32.2. The molecule has 8 heteroatoms. The van der Waals surface area contributed by atoms with E-state index in [2.05, 4.69) is 10.3 Å². The molecule has 0 aliphatic heterocycles. The highest BCUT2D eigenvalue weighted by Gasteiger charge is 2.17. The van der Waals surface area contributed by atoms with Gasteiger partial charge in [0, 0.05) is 42.9 Å². The van der Waals surface area contributed by atoms with E-state index in [-0.39, 0.29) is 11.7 Å². The second-order valence-corrected chi connectivity index (χ2v) is 6.64. The second kappa shape index (κ2) is 7.44. The lowest BCUT2D eigenvalue weighted by Gasteiger charge is -2.10. The molecule has 0 radical (unpaired) electrons. The highest BCUT2D eigenvalue weighted by Crippen LogP contribution is 2.27. The van der Waals surface area contributed by atoms with Gasteiger partial charge in [-0.1, -0.05) is 11.3 Å². The number of aromatic nitrogens is 1. The molecular weight excluding hydrogens is 284 g/mol. The average molecular weight is 304 g/mol. The second-order valence-electron chi connectivity index (χ2n) is 4.11. The van der Waals surface area contributed by atoms with E-state index in [1.165, 1.54) is 11.3 Å². The Hall–Kier alpha value is -1.15. The van der Waals surface area contributed by atoms with E-state index in [1.807, 2.05) is 18.9 Å². The first-order valence-corrected chi connectivity index (χ1v) is 8.55. The Labute approximate surface area is 119 Å². The first-order valence-electron chi connectivity index (χ1n) is 6.01. The van der Waals surface area contributed by atoms with Crippen LogP contribution in [0.5, 0.6) is 0 Å². The average Bonchev–Trinajstić information content (AvgIpc) is 2.75. The Bertz CT molecular complexity index is 462. The first kappa shape index (κ1) is 15.9. The minimum absolute atomic E-state index is 0.215. The van der Waals surface area contributed by atoms with E-state index in [1.54, 1.807) is 6.26 Å². The molecule has 1 aromatic heterocycles. The number of nitrogen functional groups attached to an aromatic ring is 1. The number of carbonyl (C=O) groups excluding carboxylic acids is 1. The van der Waals surface area contributed by atoms with Crippen molar-refractivity contribution >= 4 is 39.0 Å². The fraction of sp³-hybridized carbons (Fsp3) is 0.636. The summed E-state index contributed by atoms with van der Waals surface area (Å²) in [7, 11) is 1.07. The molecule has 0 fully saturated rings. The van der Waals surface area contributed by atoms with Crippen LogP contribution in [0, 0.1) is 0 Å². The summed E-state index contributed by atoms with van der Waals surface area (Å²) in [5, 5.41) is 3.50. The quantitative estimate of drug-likeness (QED) is 0.723. The third-order valence-corrected chi connectivity index (χ3v) is 4.59. The monoisotopic (exact) mass is 304 g/mol. The minimum Gasteiger partial charge on any atom is -0.382 e. The van der Waals surface area contributed by atoms with E-state index in [9.17, 15) is 9.00 Å². The number of nitrogens with zero attached hydrogens (tertiary/aromatic N) is 2. The Kier molecular flexibility index (Phi) is 6.23. The van der Waals surface area contributed by atoms with Gasteiger partial charge in [0.15, 0.2) is 5.13 Å². The number of hydrogen-bond donors (Lipinski definition) is 2. The zero-order chi connectivity index (χ0) is 14.4. The van der Waals surface area contributed by atoms with Gasteiger partial charge in [-0.25, -0.2) is 4.98 Å². The largest absolute Gasteiger partial charge is 0.382 e. The number of amides is 1. The van der Waals surface area contributed by atoms with Crippen LogP contribution in [-0.2, 0) is 10.8 Å². The van der Waals surface area contributed by atoms with Gasteiger partial charge < -0.3 is 16.0 Å². The number of nitrogens with one attached hydrogen (secondary N) is 1. The summed E-state index contributed by atoms with van der Waals surface area (Å²) in [6.45, 7) is 3.30. The number of carbonyl (C=O) groups is 1. The normalized spacial score (nSPS) is 12.2. The number of hydrogen-bond acceptors (Lipinski definition) is 6. The van der Waals surface area contributed by atoms with Crippen LogP contribution < -0.4 is 16.0 Å². The Balaban J connectivity index is 2.57. The molecular formula is C11H20N4O2S2. The molecule has 3 N–H and O–H groups in total. The summed E-state index contributed by atoms with van der Waals surface area (Å²) in [6, 6.07) is 0. The predicted octanol–water partition coefficient (Wildman–Crippen LogP) is 0.680. The molecule has 1 atom stereocenters. The Morgan fingerprint density at radius 2 is 2.26 bits per heavy atom. The zero-order valence-corrected chi connectivity index (χ0v) is 13.1.